The van der Waals surface area contributed by atoms with E-state index in [1.54, 1.807) is 0 Å². The predicted octanol–water partition coefficient (Wildman–Crippen LogP) is 3.19. The molecule has 3 nitrogen and oxygen atoms in total. The Bertz CT molecular complexity index is 530. The van der Waals surface area contributed by atoms with Crippen LogP contribution in [0, 0.1) is 5.92 Å². The quantitative estimate of drug-likeness (QED) is 0.797. The van der Waals surface area contributed by atoms with Gasteiger partial charge in [-0.25, -0.2) is 0 Å². The van der Waals surface area contributed by atoms with Crippen LogP contribution in [0.15, 0.2) is 30.3 Å². The molecule has 2 saturated heterocycles. The van der Waals surface area contributed by atoms with E-state index >= 15 is 0 Å². The molecule has 1 saturated carbocycles. The fourth-order valence-electron chi connectivity index (χ4n) is 4.73. The zero-order valence-electron chi connectivity index (χ0n) is 15.1. The average molecular weight is 329 g/mol. The summed E-state index contributed by atoms with van der Waals surface area (Å²) in [6, 6.07) is 11.8. The van der Waals surface area contributed by atoms with Gasteiger partial charge in [-0.3, -0.25) is 0 Å². The number of hydrogen-bond donors (Lipinski definition) is 0. The van der Waals surface area contributed by atoms with Crippen molar-refractivity contribution in [1.82, 2.24) is 9.80 Å². The lowest BCUT2D eigenvalue weighted by molar-refractivity contribution is -0.0512. The minimum Gasteiger partial charge on any atom is -0.373 e. The van der Waals surface area contributed by atoms with E-state index in [0.717, 1.165) is 31.5 Å². The van der Waals surface area contributed by atoms with Gasteiger partial charge in [0.05, 0.1) is 12.2 Å². The Morgan fingerprint density at radius 2 is 2.08 bits per heavy atom. The molecule has 3 aliphatic rings. The van der Waals surface area contributed by atoms with Gasteiger partial charge in [-0.1, -0.05) is 30.3 Å². The lowest BCUT2D eigenvalue weighted by Crippen LogP contribution is -2.48. The predicted molar refractivity (Wildman–Crippen MR) is 98.3 cm³/mol. The van der Waals surface area contributed by atoms with Gasteiger partial charge >= 0.3 is 0 Å². The van der Waals surface area contributed by atoms with Gasteiger partial charge in [-0.15, -0.1) is 0 Å². The van der Waals surface area contributed by atoms with Crippen molar-refractivity contribution in [1.29, 1.82) is 0 Å². The summed E-state index contributed by atoms with van der Waals surface area (Å²) in [4.78, 5) is 5.21. The average Bonchev–Trinajstić information content (AvgIpc) is 3.39. The molecule has 0 radical (unpaired) electrons. The second kappa shape index (κ2) is 7.15. The smallest absolute Gasteiger partial charge is 0.0813 e. The summed E-state index contributed by atoms with van der Waals surface area (Å²) < 4.78 is 6.41. The van der Waals surface area contributed by atoms with Crippen molar-refractivity contribution in [3.8, 4) is 0 Å². The molecule has 0 bridgehead atoms. The van der Waals surface area contributed by atoms with Crippen molar-refractivity contribution in [2.24, 2.45) is 5.92 Å². The first-order valence-electron chi connectivity index (χ1n) is 9.83. The number of benzene rings is 1. The maximum atomic E-state index is 6.41. The van der Waals surface area contributed by atoms with Crippen LogP contribution in [0.1, 0.15) is 37.7 Å². The van der Waals surface area contributed by atoms with Crippen molar-refractivity contribution in [3.05, 3.63) is 35.9 Å². The van der Waals surface area contributed by atoms with Gasteiger partial charge in [0.1, 0.15) is 0 Å². The van der Waals surface area contributed by atoms with Crippen LogP contribution in [-0.4, -0.2) is 61.3 Å². The van der Waals surface area contributed by atoms with Crippen LogP contribution in [0.25, 0.3) is 0 Å². The molecule has 4 rings (SSSR count). The van der Waals surface area contributed by atoms with Gasteiger partial charge in [-0.05, 0) is 63.6 Å². The van der Waals surface area contributed by atoms with Crippen molar-refractivity contribution < 1.29 is 4.74 Å². The molecule has 1 aromatic rings. The van der Waals surface area contributed by atoms with Crippen molar-refractivity contribution in [2.75, 3.05) is 39.8 Å². The van der Waals surface area contributed by atoms with E-state index in [-0.39, 0.29) is 5.60 Å². The first-order chi connectivity index (χ1) is 11.7. The van der Waals surface area contributed by atoms with E-state index in [0.29, 0.717) is 0 Å². The number of hydrogen-bond acceptors (Lipinski definition) is 3. The molecule has 0 N–H and O–H groups in total. The summed E-state index contributed by atoms with van der Waals surface area (Å²) in [5.41, 5.74) is 1.61. The number of nitrogens with zero attached hydrogens (tertiary/aromatic N) is 2. The molecule has 0 amide bonds. The lowest BCUT2D eigenvalue weighted by Gasteiger charge is -2.40. The highest BCUT2D eigenvalue weighted by Gasteiger charge is 2.44. The first-order valence-corrected chi connectivity index (χ1v) is 9.83. The van der Waals surface area contributed by atoms with Crippen LogP contribution in [-0.2, 0) is 11.2 Å². The fraction of sp³-hybridized carbons (Fsp3) is 0.714. The Labute approximate surface area is 147 Å². The van der Waals surface area contributed by atoms with E-state index in [4.69, 9.17) is 4.74 Å². The Morgan fingerprint density at radius 3 is 2.88 bits per heavy atom. The van der Waals surface area contributed by atoms with Crippen LogP contribution < -0.4 is 0 Å². The van der Waals surface area contributed by atoms with Gasteiger partial charge < -0.3 is 14.5 Å². The Balaban J connectivity index is 1.28. The van der Waals surface area contributed by atoms with Crippen molar-refractivity contribution in [2.45, 2.75) is 50.2 Å². The SMILES string of the molecule is CN(C[C@H]1CO[C@]2(CCCN(CCc3ccccc3)C2)C1)C1CC1. The molecule has 3 fully saturated rings. The van der Waals surface area contributed by atoms with Gasteiger partial charge in [0.2, 0.25) is 0 Å². The third-order valence-corrected chi connectivity index (χ3v) is 6.18. The minimum atomic E-state index is 0.157. The van der Waals surface area contributed by atoms with E-state index < -0.39 is 0 Å². The summed E-state index contributed by atoms with van der Waals surface area (Å²) >= 11 is 0. The second-order valence-corrected chi connectivity index (χ2v) is 8.35. The molecule has 0 aromatic heterocycles. The number of piperidine rings is 1. The maximum absolute atomic E-state index is 6.41. The van der Waals surface area contributed by atoms with Crippen LogP contribution in [0.2, 0.25) is 0 Å². The molecule has 0 unspecified atom stereocenters. The highest BCUT2D eigenvalue weighted by Crippen LogP contribution is 2.38. The highest BCUT2D eigenvalue weighted by atomic mass is 16.5. The van der Waals surface area contributed by atoms with Crippen LogP contribution in [0.4, 0.5) is 0 Å². The topological polar surface area (TPSA) is 15.7 Å². The fourth-order valence-corrected chi connectivity index (χ4v) is 4.73. The third kappa shape index (κ3) is 4.01. The molecule has 1 aromatic carbocycles. The third-order valence-electron chi connectivity index (χ3n) is 6.18. The Morgan fingerprint density at radius 1 is 1.25 bits per heavy atom. The van der Waals surface area contributed by atoms with Gasteiger partial charge in [0, 0.05) is 25.7 Å². The Kier molecular flexibility index (Phi) is 4.93. The molecular weight excluding hydrogens is 296 g/mol. The maximum Gasteiger partial charge on any atom is 0.0813 e. The van der Waals surface area contributed by atoms with Crippen LogP contribution in [0.3, 0.4) is 0 Å². The molecule has 2 atom stereocenters. The van der Waals surface area contributed by atoms with E-state index in [9.17, 15) is 0 Å². The lowest BCUT2D eigenvalue weighted by atomic mass is 9.86. The number of ether oxygens (including phenoxy) is 1. The summed E-state index contributed by atoms with van der Waals surface area (Å²) in [7, 11) is 2.30. The van der Waals surface area contributed by atoms with Gasteiger partial charge in [0.25, 0.3) is 0 Å². The monoisotopic (exact) mass is 328 g/mol. The summed E-state index contributed by atoms with van der Waals surface area (Å²) in [5.74, 6) is 0.740. The Hall–Kier alpha value is -0.900. The zero-order valence-corrected chi connectivity index (χ0v) is 15.1. The normalized spacial score (nSPS) is 31.2. The van der Waals surface area contributed by atoms with Gasteiger partial charge in [-0.2, -0.15) is 0 Å². The largest absolute Gasteiger partial charge is 0.373 e. The minimum absolute atomic E-state index is 0.157. The molecule has 3 heteroatoms. The first kappa shape index (κ1) is 16.6. The number of rotatable bonds is 6. The molecule has 24 heavy (non-hydrogen) atoms. The summed E-state index contributed by atoms with van der Waals surface area (Å²) in [5, 5.41) is 0. The molecule has 2 heterocycles. The molecule has 1 spiro atoms. The molecule has 132 valence electrons. The molecular formula is C21H32N2O. The zero-order chi connectivity index (χ0) is 16.4. The molecule has 2 aliphatic heterocycles. The van der Waals surface area contributed by atoms with Crippen LogP contribution >= 0.6 is 0 Å². The molecule has 1 aliphatic carbocycles. The van der Waals surface area contributed by atoms with E-state index in [1.807, 2.05) is 0 Å². The second-order valence-electron chi connectivity index (χ2n) is 8.35. The summed E-state index contributed by atoms with van der Waals surface area (Å²) in [6.45, 7) is 5.76. The van der Waals surface area contributed by atoms with E-state index in [2.05, 4.69) is 47.2 Å². The summed E-state index contributed by atoms with van der Waals surface area (Å²) in [6.07, 6.45) is 7.79. The number of likely N-dealkylation sites (tertiary alicyclic amines) is 1. The van der Waals surface area contributed by atoms with Crippen molar-refractivity contribution >= 4 is 0 Å². The van der Waals surface area contributed by atoms with Crippen molar-refractivity contribution in [3.63, 3.8) is 0 Å². The van der Waals surface area contributed by atoms with Gasteiger partial charge in [0.15, 0.2) is 0 Å². The van der Waals surface area contributed by atoms with E-state index in [1.165, 1.54) is 57.3 Å². The highest BCUT2D eigenvalue weighted by molar-refractivity contribution is 5.15. The van der Waals surface area contributed by atoms with Crippen LogP contribution in [0.5, 0.6) is 0 Å². The standard InChI is InChI=1S/C21H32N2O/c1-22(20-8-9-20)15-19-14-21(24-16-19)11-5-12-23(17-21)13-10-18-6-3-2-4-7-18/h2-4,6-7,19-20H,5,8-17H2,1H3/t19-,21+/m0/s1.